The number of carbonyl (C=O) groups excluding carboxylic acids is 1. The summed E-state index contributed by atoms with van der Waals surface area (Å²) >= 11 is 0. The van der Waals surface area contributed by atoms with Gasteiger partial charge in [-0.15, -0.1) is 0 Å². The predicted octanol–water partition coefficient (Wildman–Crippen LogP) is 1.75. The molecule has 1 fully saturated rings. The molecule has 8 heteroatoms. The van der Waals surface area contributed by atoms with Gasteiger partial charge in [-0.1, -0.05) is 18.6 Å². The molecule has 0 heterocycles. The van der Waals surface area contributed by atoms with E-state index in [1.54, 1.807) is 0 Å². The van der Waals surface area contributed by atoms with Crippen LogP contribution < -0.4 is 11.1 Å². The summed E-state index contributed by atoms with van der Waals surface area (Å²) < 4.78 is 48.5. The summed E-state index contributed by atoms with van der Waals surface area (Å²) in [4.78, 5) is 11.5. The molecule has 2 rings (SSSR count). The van der Waals surface area contributed by atoms with Crippen molar-refractivity contribution in [3.05, 3.63) is 24.3 Å². The Balaban J connectivity index is 2.27. The van der Waals surface area contributed by atoms with Gasteiger partial charge in [-0.3, -0.25) is 4.79 Å². The Hall–Kier alpha value is -1.54. The van der Waals surface area contributed by atoms with Crippen molar-refractivity contribution in [2.75, 3.05) is 5.32 Å². The fraction of sp³-hybridized carbons (Fsp3) is 0.462. The van der Waals surface area contributed by atoms with E-state index >= 15 is 0 Å². The summed E-state index contributed by atoms with van der Waals surface area (Å²) in [6.07, 6.45) is 2.14. The summed E-state index contributed by atoms with van der Waals surface area (Å²) in [6.45, 7) is 0. The molecule has 1 aromatic carbocycles. The summed E-state index contributed by atoms with van der Waals surface area (Å²) in [6, 6.07) is 4.84. The van der Waals surface area contributed by atoms with Crippen LogP contribution in [0.3, 0.4) is 0 Å². The number of anilines is 1. The van der Waals surface area contributed by atoms with Gasteiger partial charge in [0.1, 0.15) is 0 Å². The van der Waals surface area contributed by atoms with E-state index < -0.39 is 32.3 Å². The van der Waals surface area contributed by atoms with Crippen LogP contribution in [0.15, 0.2) is 29.2 Å². The summed E-state index contributed by atoms with van der Waals surface area (Å²) in [5, 5.41) is 2.41. The van der Waals surface area contributed by atoms with Crippen LogP contribution in [-0.2, 0) is 14.6 Å². The quantitative estimate of drug-likeness (QED) is 0.885. The number of carbonyl (C=O) groups is 1. The van der Waals surface area contributed by atoms with Gasteiger partial charge in [0, 0.05) is 6.04 Å². The maximum absolute atomic E-state index is 12.7. The lowest BCUT2D eigenvalue weighted by atomic mass is 10.0. The third kappa shape index (κ3) is 3.21. The first-order valence-electron chi connectivity index (χ1n) is 6.51. The normalized spacial score (nSPS) is 22.5. The Morgan fingerprint density at radius 1 is 1.29 bits per heavy atom. The molecule has 3 N–H and O–H groups in total. The largest absolute Gasteiger partial charge is 0.341 e. The highest BCUT2D eigenvalue weighted by atomic mass is 32.2. The smallest absolute Gasteiger partial charge is 0.327 e. The van der Waals surface area contributed by atoms with E-state index in [4.69, 9.17) is 5.73 Å². The number of sulfone groups is 1. The van der Waals surface area contributed by atoms with Crippen LogP contribution >= 0.6 is 0 Å². The second-order valence-corrected chi connectivity index (χ2v) is 6.88. The first-order valence-corrected chi connectivity index (χ1v) is 8.06. The van der Waals surface area contributed by atoms with E-state index in [0.717, 1.165) is 18.9 Å². The molecular formula is C13H16F2N2O3S. The summed E-state index contributed by atoms with van der Waals surface area (Å²) in [5.74, 6) is -4.39. The Morgan fingerprint density at radius 2 is 1.95 bits per heavy atom. The summed E-state index contributed by atoms with van der Waals surface area (Å²) in [7, 11) is -4.77. The van der Waals surface area contributed by atoms with Gasteiger partial charge < -0.3 is 11.1 Å². The molecule has 1 amide bonds. The van der Waals surface area contributed by atoms with E-state index in [0.29, 0.717) is 6.42 Å². The molecule has 0 aromatic heterocycles. The molecule has 2 unspecified atom stereocenters. The number of hydrogen-bond acceptors (Lipinski definition) is 4. The minimum Gasteiger partial charge on any atom is -0.327 e. The van der Waals surface area contributed by atoms with Gasteiger partial charge in [0.15, 0.2) is 0 Å². The molecule has 0 bridgehead atoms. The van der Waals surface area contributed by atoms with E-state index in [1.165, 1.54) is 18.2 Å². The molecule has 1 aliphatic rings. The monoisotopic (exact) mass is 318 g/mol. The Labute approximate surface area is 121 Å². The fourth-order valence-corrected chi connectivity index (χ4v) is 3.34. The summed E-state index contributed by atoms with van der Waals surface area (Å²) in [5.41, 5.74) is 5.67. The molecular weight excluding hydrogens is 302 g/mol. The lowest BCUT2D eigenvalue weighted by molar-refractivity contribution is -0.120. The Bertz CT molecular complexity index is 634. The second kappa shape index (κ2) is 6.07. The lowest BCUT2D eigenvalue weighted by Gasteiger charge is -2.17. The standard InChI is InChI=1S/C13H16F2N2O3S/c14-13(15)21(19,20)11-7-2-1-6-10(11)17-12(18)8-4-3-5-9(8)16/h1-2,6-9,13H,3-5,16H2,(H,17,18). The number of para-hydroxylation sites is 1. The van der Waals surface area contributed by atoms with Gasteiger partial charge in [-0.2, -0.15) is 8.78 Å². The molecule has 21 heavy (non-hydrogen) atoms. The van der Waals surface area contributed by atoms with Crippen molar-refractivity contribution in [1.82, 2.24) is 0 Å². The molecule has 0 radical (unpaired) electrons. The van der Waals surface area contributed by atoms with Crippen molar-refractivity contribution in [1.29, 1.82) is 0 Å². The van der Waals surface area contributed by atoms with Gasteiger partial charge in [0.05, 0.1) is 16.5 Å². The number of nitrogens with two attached hydrogens (primary N) is 1. The number of nitrogens with one attached hydrogen (secondary N) is 1. The lowest BCUT2D eigenvalue weighted by Crippen LogP contribution is -2.34. The van der Waals surface area contributed by atoms with Crippen LogP contribution in [0.4, 0.5) is 14.5 Å². The fourth-order valence-electron chi connectivity index (χ4n) is 2.45. The number of benzene rings is 1. The zero-order valence-electron chi connectivity index (χ0n) is 11.1. The molecule has 1 aliphatic carbocycles. The van der Waals surface area contributed by atoms with E-state index in [2.05, 4.69) is 5.32 Å². The maximum atomic E-state index is 12.7. The predicted molar refractivity (Wildman–Crippen MR) is 73.6 cm³/mol. The topological polar surface area (TPSA) is 89.3 Å². The van der Waals surface area contributed by atoms with Gasteiger partial charge in [0.25, 0.3) is 0 Å². The number of rotatable bonds is 4. The van der Waals surface area contributed by atoms with Crippen molar-refractivity contribution < 1.29 is 22.0 Å². The van der Waals surface area contributed by atoms with Crippen LogP contribution in [-0.4, -0.2) is 26.1 Å². The van der Waals surface area contributed by atoms with Crippen LogP contribution in [0.25, 0.3) is 0 Å². The molecule has 0 aliphatic heterocycles. The molecule has 2 atom stereocenters. The van der Waals surface area contributed by atoms with E-state index in [-0.39, 0.29) is 11.7 Å². The average molecular weight is 318 g/mol. The first-order chi connectivity index (χ1) is 9.84. The first kappa shape index (κ1) is 15.8. The zero-order valence-corrected chi connectivity index (χ0v) is 11.9. The van der Waals surface area contributed by atoms with E-state index in [9.17, 15) is 22.0 Å². The van der Waals surface area contributed by atoms with Crippen molar-refractivity contribution in [2.24, 2.45) is 11.7 Å². The van der Waals surface area contributed by atoms with Crippen molar-refractivity contribution in [3.8, 4) is 0 Å². The number of alkyl halides is 2. The zero-order chi connectivity index (χ0) is 15.6. The molecule has 5 nitrogen and oxygen atoms in total. The van der Waals surface area contributed by atoms with Crippen LogP contribution in [0.5, 0.6) is 0 Å². The van der Waals surface area contributed by atoms with Gasteiger partial charge in [0.2, 0.25) is 15.7 Å². The van der Waals surface area contributed by atoms with Crippen molar-refractivity contribution >= 4 is 21.4 Å². The second-order valence-electron chi connectivity index (χ2n) is 4.99. The molecule has 1 aromatic rings. The van der Waals surface area contributed by atoms with Crippen LogP contribution in [0.1, 0.15) is 19.3 Å². The SMILES string of the molecule is NC1CCCC1C(=O)Nc1ccccc1S(=O)(=O)C(F)F. The minimum absolute atomic E-state index is 0.137. The highest BCUT2D eigenvalue weighted by Gasteiger charge is 2.33. The van der Waals surface area contributed by atoms with Crippen LogP contribution in [0, 0.1) is 5.92 Å². The number of halogens is 2. The molecule has 1 saturated carbocycles. The highest BCUT2D eigenvalue weighted by molar-refractivity contribution is 7.91. The van der Waals surface area contributed by atoms with Crippen molar-refractivity contribution in [2.45, 2.75) is 36.0 Å². The van der Waals surface area contributed by atoms with Crippen molar-refractivity contribution in [3.63, 3.8) is 0 Å². The van der Waals surface area contributed by atoms with Gasteiger partial charge in [-0.05, 0) is 25.0 Å². The minimum atomic E-state index is -4.77. The van der Waals surface area contributed by atoms with E-state index in [1.807, 2.05) is 0 Å². The third-order valence-electron chi connectivity index (χ3n) is 3.59. The van der Waals surface area contributed by atoms with Gasteiger partial charge >= 0.3 is 5.76 Å². The van der Waals surface area contributed by atoms with Crippen LogP contribution in [0.2, 0.25) is 0 Å². The Kier molecular flexibility index (Phi) is 4.58. The molecule has 0 saturated heterocycles. The van der Waals surface area contributed by atoms with Gasteiger partial charge in [-0.25, -0.2) is 8.42 Å². The third-order valence-corrected chi connectivity index (χ3v) is 5.03. The molecule has 0 spiro atoms. The highest BCUT2D eigenvalue weighted by Crippen LogP contribution is 2.29. The Morgan fingerprint density at radius 3 is 2.52 bits per heavy atom. The number of amides is 1. The molecule has 116 valence electrons. The number of hydrogen-bond donors (Lipinski definition) is 2. The average Bonchev–Trinajstić information content (AvgIpc) is 2.85. The maximum Gasteiger partial charge on any atom is 0.341 e.